The average molecular weight is 361 g/mol. The van der Waals surface area contributed by atoms with Gasteiger partial charge in [-0.1, -0.05) is 29.8 Å². The summed E-state index contributed by atoms with van der Waals surface area (Å²) >= 11 is 6.09. The van der Waals surface area contributed by atoms with Gasteiger partial charge in [0.2, 0.25) is 0 Å². The minimum absolute atomic E-state index is 0.207. The highest BCUT2D eigenvalue weighted by atomic mass is 35.5. The number of hydrogen-bond acceptors (Lipinski definition) is 4. The maximum absolute atomic E-state index is 12.7. The third-order valence-electron chi connectivity index (χ3n) is 3.67. The van der Waals surface area contributed by atoms with Gasteiger partial charge in [0.1, 0.15) is 12.3 Å². The van der Waals surface area contributed by atoms with Crippen LogP contribution in [0.4, 0.5) is 10.5 Å². The second-order valence-corrected chi connectivity index (χ2v) is 5.81. The molecule has 0 fully saturated rings. The minimum Gasteiger partial charge on any atom is -0.465 e. The first-order valence-electron chi connectivity index (χ1n) is 7.84. The predicted molar refractivity (Wildman–Crippen MR) is 94.2 cm³/mol. The Morgan fingerprint density at radius 1 is 1.24 bits per heavy atom. The molecular weight excluding hydrogens is 344 g/mol. The van der Waals surface area contributed by atoms with Crippen LogP contribution in [0, 0.1) is 0 Å². The lowest BCUT2D eigenvalue weighted by Crippen LogP contribution is -2.42. The third-order valence-corrected chi connectivity index (χ3v) is 3.90. The Bertz CT molecular complexity index is 809. The van der Waals surface area contributed by atoms with Gasteiger partial charge in [0, 0.05) is 10.6 Å². The Hall–Kier alpha value is -2.73. The zero-order chi connectivity index (χ0) is 17.8. The Morgan fingerprint density at radius 2 is 2.04 bits per heavy atom. The molecule has 0 saturated carbocycles. The number of urea groups is 1. The van der Waals surface area contributed by atoms with E-state index in [-0.39, 0.29) is 19.7 Å². The van der Waals surface area contributed by atoms with Crippen molar-refractivity contribution in [3.63, 3.8) is 0 Å². The summed E-state index contributed by atoms with van der Waals surface area (Å²) in [4.78, 5) is 25.6. The van der Waals surface area contributed by atoms with Crippen LogP contribution in [-0.4, -0.2) is 25.2 Å². The van der Waals surface area contributed by atoms with Crippen molar-refractivity contribution in [3.8, 4) is 11.5 Å². The molecule has 25 heavy (non-hydrogen) atoms. The fraction of sp³-hybridized carbons (Fsp3) is 0.222. The average Bonchev–Trinajstić information content (AvgIpc) is 2.76. The maximum atomic E-state index is 12.7. The van der Waals surface area contributed by atoms with Gasteiger partial charge in [-0.15, -0.1) is 0 Å². The van der Waals surface area contributed by atoms with Gasteiger partial charge in [-0.2, -0.15) is 0 Å². The first-order valence-corrected chi connectivity index (χ1v) is 8.22. The molecule has 0 unspecified atom stereocenters. The number of benzene rings is 2. The van der Waals surface area contributed by atoms with Gasteiger partial charge in [0.15, 0.2) is 5.75 Å². The molecule has 6 nitrogen and oxygen atoms in total. The van der Waals surface area contributed by atoms with Crippen LogP contribution in [0.15, 0.2) is 42.5 Å². The summed E-state index contributed by atoms with van der Waals surface area (Å²) < 4.78 is 10.8. The highest BCUT2D eigenvalue weighted by Gasteiger charge is 2.26. The van der Waals surface area contributed by atoms with Crippen LogP contribution in [0.1, 0.15) is 12.5 Å². The number of halogens is 1. The van der Waals surface area contributed by atoms with E-state index >= 15 is 0 Å². The molecule has 0 atom stereocenters. The molecule has 7 heteroatoms. The largest absolute Gasteiger partial charge is 0.465 e. The molecule has 0 radical (unpaired) electrons. The third kappa shape index (κ3) is 3.85. The van der Waals surface area contributed by atoms with Gasteiger partial charge in [-0.05, 0) is 31.2 Å². The first kappa shape index (κ1) is 17.1. The fourth-order valence-corrected chi connectivity index (χ4v) is 2.70. The van der Waals surface area contributed by atoms with Gasteiger partial charge >= 0.3 is 12.0 Å². The number of carbonyl (C=O) groups is 2. The van der Waals surface area contributed by atoms with Crippen molar-refractivity contribution in [2.24, 2.45) is 0 Å². The van der Waals surface area contributed by atoms with Crippen LogP contribution in [0.5, 0.6) is 11.5 Å². The summed E-state index contributed by atoms with van der Waals surface area (Å²) in [6.45, 7) is 2.05. The van der Waals surface area contributed by atoms with E-state index in [0.29, 0.717) is 22.2 Å². The number of hydrogen-bond donors (Lipinski definition) is 1. The Kier molecular flexibility index (Phi) is 5.09. The molecule has 0 saturated heterocycles. The lowest BCUT2D eigenvalue weighted by molar-refractivity contribution is -0.141. The van der Waals surface area contributed by atoms with Gasteiger partial charge < -0.3 is 14.8 Å². The molecule has 1 N–H and O–H groups in total. The van der Waals surface area contributed by atoms with Crippen molar-refractivity contribution in [1.82, 2.24) is 5.32 Å². The van der Waals surface area contributed by atoms with Crippen molar-refractivity contribution >= 4 is 29.3 Å². The molecule has 0 aliphatic carbocycles. The van der Waals surface area contributed by atoms with E-state index in [0.717, 1.165) is 5.56 Å². The van der Waals surface area contributed by atoms with Crippen molar-refractivity contribution in [2.45, 2.75) is 13.5 Å². The van der Waals surface area contributed by atoms with Gasteiger partial charge in [-0.3, -0.25) is 9.69 Å². The normalized spacial score (nSPS) is 12.3. The van der Waals surface area contributed by atoms with Crippen molar-refractivity contribution in [3.05, 3.63) is 53.1 Å². The standard InChI is InChI=1S/C18H17ClN2O4/c1-2-24-17(22)10-20-18(23)21-11-12-5-3-4-6-15(12)25-16-8-7-13(19)9-14(16)21/h3-9H,2,10-11H2,1H3,(H,20,23). The second kappa shape index (κ2) is 7.44. The summed E-state index contributed by atoms with van der Waals surface area (Å²) in [6.07, 6.45) is 0. The number of carbonyl (C=O) groups excluding carboxylic acids is 2. The zero-order valence-electron chi connectivity index (χ0n) is 13.6. The predicted octanol–water partition coefficient (Wildman–Crippen LogP) is 3.73. The van der Waals surface area contributed by atoms with Crippen molar-refractivity contribution in [1.29, 1.82) is 0 Å². The van der Waals surface area contributed by atoms with Gasteiger partial charge in [0.25, 0.3) is 0 Å². The molecule has 2 aromatic rings. The first-order chi connectivity index (χ1) is 12.1. The molecule has 1 heterocycles. The SMILES string of the molecule is CCOC(=O)CNC(=O)N1Cc2ccccc2Oc2ccc(Cl)cc21. The smallest absolute Gasteiger partial charge is 0.325 e. The van der Waals surface area contributed by atoms with E-state index in [4.69, 9.17) is 21.1 Å². The van der Waals surface area contributed by atoms with E-state index in [1.807, 2.05) is 24.3 Å². The van der Waals surface area contributed by atoms with E-state index in [1.54, 1.807) is 25.1 Å². The van der Waals surface area contributed by atoms with E-state index in [1.165, 1.54) is 4.90 Å². The quantitative estimate of drug-likeness (QED) is 0.847. The second-order valence-electron chi connectivity index (χ2n) is 5.37. The van der Waals surface area contributed by atoms with Crippen LogP contribution in [0.3, 0.4) is 0 Å². The summed E-state index contributed by atoms with van der Waals surface area (Å²) in [5.74, 6) is 0.695. The Morgan fingerprint density at radius 3 is 2.84 bits per heavy atom. The highest BCUT2D eigenvalue weighted by molar-refractivity contribution is 6.31. The molecule has 2 amide bonds. The Balaban J connectivity index is 1.90. The maximum Gasteiger partial charge on any atom is 0.325 e. The van der Waals surface area contributed by atoms with E-state index < -0.39 is 12.0 Å². The minimum atomic E-state index is -0.492. The van der Waals surface area contributed by atoms with Gasteiger partial charge in [0.05, 0.1) is 18.8 Å². The summed E-state index contributed by atoms with van der Waals surface area (Å²) in [5.41, 5.74) is 1.38. The highest BCUT2D eigenvalue weighted by Crippen LogP contribution is 2.40. The molecule has 130 valence electrons. The number of esters is 1. The topological polar surface area (TPSA) is 67.9 Å². The molecule has 1 aliphatic heterocycles. The number of amides is 2. The van der Waals surface area contributed by atoms with Crippen molar-refractivity contribution in [2.75, 3.05) is 18.1 Å². The summed E-state index contributed by atoms with van der Waals surface area (Å²) in [6, 6.07) is 12.1. The monoisotopic (exact) mass is 360 g/mol. The van der Waals surface area contributed by atoms with E-state index in [9.17, 15) is 9.59 Å². The molecule has 2 aromatic carbocycles. The Labute approximate surface area is 150 Å². The molecule has 1 aliphatic rings. The van der Waals surface area contributed by atoms with Crippen LogP contribution >= 0.6 is 11.6 Å². The molecule has 0 aromatic heterocycles. The number of rotatable bonds is 3. The van der Waals surface area contributed by atoms with Crippen LogP contribution in [-0.2, 0) is 16.1 Å². The number of anilines is 1. The number of ether oxygens (including phenoxy) is 2. The molecule has 3 rings (SSSR count). The summed E-state index contributed by atoms with van der Waals surface area (Å²) in [5, 5.41) is 3.05. The zero-order valence-corrected chi connectivity index (χ0v) is 14.4. The summed E-state index contributed by atoms with van der Waals surface area (Å²) in [7, 11) is 0. The van der Waals surface area contributed by atoms with E-state index in [2.05, 4.69) is 5.32 Å². The van der Waals surface area contributed by atoms with Crippen LogP contribution in [0.2, 0.25) is 5.02 Å². The fourth-order valence-electron chi connectivity index (χ4n) is 2.53. The lowest BCUT2D eigenvalue weighted by atomic mass is 10.2. The number of fused-ring (bicyclic) bond motifs is 2. The number of nitrogens with zero attached hydrogens (tertiary/aromatic N) is 1. The molecular formula is C18H17ClN2O4. The van der Waals surface area contributed by atoms with Crippen molar-refractivity contribution < 1.29 is 19.1 Å². The molecule has 0 bridgehead atoms. The number of nitrogens with one attached hydrogen (secondary N) is 1. The van der Waals surface area contributed by atoms with Crippen LogP contribution < -0.4 is 15.0 Å². The lowest BCUT2D eigenvalue weighted by Gasteiger charge is -2.22. The number of para-hydroxylation sites is 1. The van der Waals surface area contributed by atoms with Crippen LogP contribution in [0.25, 0.3) is 0 Å². The van der Waals surface area contributed by atoms with Gasteiger partial charge in [-0.25, -0.2) is 4.79 Å². The molecule has 0 spiro atoms.